The molecule has 0 fully saturated rings. The average Bonchev–Trinajstić information content (AvgIpc) is 2.35. The molecule has 1 atom stereocenters. The minimum Gasteiger partial charge on any atom is -0.467 e. The van der Waals surface area contributed by atoms with Crippen LogP contribution in [0.1, 0.15) is 31.9 Å². The number of nitrogens with one attached hydrogen (secondary N) is 1. The molecule has 0 radical (unpaired) electrons. The second-order valence-corrected chi connectivity index (χ2v) is 5.21. The van der Waals surface area contributed by atoms with Crippen LogP contribution in [0.4, 0.5) is 0 Å². The Bertz CT molecular complexity index is 415. The van der Waals surface area contributed by atoms with E-state index in [1.54, 1.807) is 0 Å². The molecule has 0 aromatic heterocycles. The van der Waals surface area contributed by atoms with Gasteiger partial charge in [0.15, 0.2) is 0 Å². The van der Waals surface area contributed by atoms with Gasteiger partial charge < -0.3 is 4.74 Å². The molecular formula is C15H23NO2. The van der Waals surface area contributed by atoms with E-state index in [0.29, 0.717) is 5.92 Å². The normalized spacial score (nSPS) is 14.3. The fourth-order valence-corrected chi connectivity index (χ4v) is 2.02. The van der Waals surface area contributed by atoms with Crippen molar-refractivity contribution in [1.29, 1.82) is 0 Å². The van der Waals surface area contributed by atoms with Gasteiger partial charge in [0, 0.05) is 0 Å². The molecule has 0 aliphatic rings. The molecule has 0 aliphatic heterocycles. The summed E-state index contributed by atoms with van der Waals surface area (Å²) in [6.07, 6.45) is 0. The second kappa shape index (κ2) is 6.01. The highest BCUT2D eigenvalue weighted by Crippen LogP contribution is 2.25. The maximum Gasteiger partial charge on any atom is 0.330 e. The van der Waals surface area contributed by atoms with E-state index < -0.39 is 5.54 Å². The number of carbonyl (C=O) groups excluding carboxylic acids is 1. The molecule has 18 heavy (non-hydrogen) atoms. The second-order valence-electron chi connectivity index (χ2n) is 5.21. The predicted molar refractivity (Wildman–Crippen MR) is 73.4 cm³/mol. The van der Waals surface area contributed by atoms with Crippen molar-refractivity contribution < 1.29 is 9.53 Å². The lowest BCUT2D eigenvalue weighted by Gasteiger charge is -2.30. The van der Waals surface area contributed by atoms with Crippen LogP contribution in [0.15, 0.2) is 24.3 Å². The molecular weight excluding hydrogens is 226 g/mol. The van der Waals surface area contributed by atoms with E-state index in [-0.39, 0.29) is 5.97 Å². The van der Waals surface area contributed by atoms with Crippen molar-refractivity contribution in [2.75, 3.05) is 13.7 Å². The summed E-state index contributed by atoms with van der Waals surface area (Å²) in [5.41, 5.74) is 1.27. The van der Waals surface area contributed by atoms with Crippen LogP contribution in [-0.2, 0) is 15.1 Å². The van der Waals surface area contributed by atoms with Crippen LogP contribution in [0, 0.1) is 12.8 Å². The van der Waals surface area contributed by atoms with Gasteiger partial charge in [-0.1, -0.05) is 38.1 Å². The van der Waals surface area contributed by atoms with Crippen LogP contribution < -0.4 is 5.32 Å². The van der Waals surface area contributed by atoms with E-state index in [0.717, 1.165) is 17.7 Å². The molecule has 0 spiro atoms. The standard InChI is InChI=1S/C15H23NO2/c1-11(2)10-16-15(4,14(17)18-5)13-9-7-6-8-12(13)3/h6-9,11,16H,10H2,1-5H3. The van der Waals surface area contributed by atoms with Gasteiger partial charge in [0.05, 0.1) is 7.11 Å². The molecule has 0 saturated heterocycles. The Labute approximate surface area is 110 Å². The van der Waals surface area contributed by atoms with Crippen LogP contribution in [0.5, 0.6) is 0 Å². The van der Waals surface area contributed by atoms with Crippen molar-refractivity contribution >= 4 is 5.97 Å². The van der Waals surface area contributed by atoms with Crippen LogP contribution in [0.25, 0.3) is 0 Å². The Morgan fingerprint density at radius 1 is 1.39 bits per heavy atom. The van der Waals surface area contributed by atoms with Crippen molar-refractivity contribution in [3.8, 4) is 0 Å². The first-order valence-corrected chi connectivity index (χ1v) is 6.31. The fourth-order valence-electron chi connectivity index (χ4n) is 2.02. The third-order valence-electron chi connectivity index (χ3n) is 3.14. The van der Waals surface area contributed by atoms with E-state index in [1.807, 2.05) is 38.1 Å². The molecule has 0 amide bonds. The summed E-state index contributed by atoms with van der Waals surface area (Å²) in [7, 11) is 1.43. The maximum atomic E-state index is 12.1. The maximum absolute atomic E-state index is 12.1. The summed E-state index contributed by atoms with van der Waals surface area (Å²) in [4.78, 5) is 12.1. The van der Waals surface area contributed by atoms with Crippen molar-refractivity contribution in [2.24, 2.45) is 5.92 Å². The number of benzene rings is 1. The quantitative estimate of drug-likeness (QED) is 0.815. The Balaban J connectivity index is 3.12. The summed E-state index contributed by atoms with van der Waals surface area (Å²) in [6.45, 7) is 8.88. The van der Waals surface area contributed by atoms with Gasteiger partial charge >= 0.3 is 5.97 Å². The average molecular weight is 249 g/mol. The number of esters is 1. The van der Waals surface area contributed by atoms with Gasteiger partial charge in [-0.3, -0.25) is 5.32 Å². The Hall–Kier alpha value is -1.35. The molecule has 100 valence electrons. The minimum absolute atomic E-state index is 0.252. The van der Waals surface area contributed by atoms with E-state index in [9.17, 15) is 4.79 Å². The van der Waals surface area contributed by atoms with Crippen LogP contribution in [-0.4, -0.2) is 19.6 Å². The van der Waals surface area contributed by atoms with Gasteiger partial charge in [0.2, 0.25) is 0 Å². The van der Waals surface area contributed by atoms with Gasteiger partial charge in [0.25, 0.3) is 0 Å². The molecule has 1 aromatic carbocycles. The fraction of sp³-hybridized carbons (Fsp3) is 0.533. The van der Waals surface area contributed by atoms with E-state index >= 15 is 0 Å². The Morgan fingerprint density at radius 3 is 2.50 bits per heavy atom. The Morgan fingerprint density at radius 2 is 2.00 bits per heavy atom. The number of hydrogen-bond acceptors (Lipinski definition) is 3. The molecule has 0 heterocycles. The van der Waals surface area contributed by atoms with Gasteiger partial charge in [-0.05, 0) is 37.4 Å². The number of methoxy groups -OCH3 is 1. The summed E-state index contributed by atoms with van der Waals surface area (Å²) in [5, 5.41) is 3.33. The lowest BCUT2D eigenvalue weighted by Crippen LogP contribution is -2.49. The number of hydrogen-bond donors (Lipinski definition) is 1. The summed E-state index contributed by atoms with van der Waals surface area (Å²) < 4.78 is 4.96. The van der Waals surface area contributed by atoms with Gasteiger partial charge in [-0.25, -0.2) is 4.79 Å². The van der Waals surface area contributed by atoms with Crippen molar-refractivity contribution in [3.05, 3.63) is 35.4 Å². The highest BCUT2D eigenvalue weighted by Gasteiger charge is 2.36. The predicted octanol–water partition coefficient (Wildman–Crippen LogP) is 2.63. The van der Waals surface area contributed by atoms with Gasteiger partial charge in [0.1, 0.15) is 5.54 Å². The highest BCUT2D eigenvalue weighted by molar-refractivity contribution is 5.82. The first-order chi connectivity index (χ1) is 8.41. The monoisotopic (exact) mass is 249 g/mol. The van der Waals surface area contributed by atoms with Crippen LogP contribution >= 0.6 is 0 Å². The first-order valence-electron chi connectivity index (χ1n) is 6.31. The Kier molecular flexibility index (Phi) is 4.91. The SMILES string of the molecule is COC(=O)C(C)(NCC(C)C)c1ccccc1C. The van der Waals surface area contributed by atoms with Crippen molar-refractivity contribution in [2.45, 2.75) is 33.2 Å². The first kappa shape index (κ1) is 14.7. The molecule has 1 N–H and O–H groups in total. The molecule has 1 rings (SSSR count). The zero-order valence-electron chi connectivity index (χ0n) is 11.9. The summed E-state index contributed by atoms with van der Waals surface area (Å²) in [5.74, 6) is 0.218. The topological polar surface area (TPSA) is 38.3 Å². The zero-order valence-corrected chi connectivity index (χ0v) is 11.9. The molecule has 3 nitrogen and oxygen atoms in total. The molecule has 1 unspecified atom stereocenters. The van der Waals surface area contributed by atoms with Crippen LogP contribution in [0.3, 0.4) is 0 Å². The zero-order chi connectivity index (χ0) is 13.8. The van der Waals surface area contributed by atoms with Crippen LogP contribution in [0.2, 0.25) is 0 Å². The molecule has 1 aromatic rings. The lowest BCUT2D eigenvalue weighted by molar-refractivity contribution is -0.148. The number of ether oxygens (including phenoxy) is 1. The van der Waals surface area contributed by atoms with E-state index in [2.05, 4.69) is 19.2 Å². The van der Waals surface area contributed by atoms with E-state index in [4.69, 9.17) is 4.74 Å². The number of rotatable bonds is 5. The van der Waals surface area contributed by atoms with Crippen molar-refractivity contribution in [1.82, 2.24) is 5.32 Å². The summed E-state index contributed by atoms with van der Waals surface area (Å²) >= 11 is 0. The number of carbonyl (C=O) groups is 1. The van der Waals surface area contributed by atoms with Crippen molar-refractivity contribution in [3.63, 3.8) is 0 Å². The molecule has 0 aliphatic carbocycles. The minimum atomic E-state index is -0.787. The number of aryl methyl sites for hydroxylation is 1. The van der Waals surface area contributed by atoms with Gasteiger partial charge in [-0.2, -0.15) is 0 Å². The summed E-state index contributed by atoms with van der Waals surface area (Å²) in [6, 6.07) is 7.90. The van der Waals surface area contributed by atoms with E-state index in [1.165, 1.54) is 7.11 Å². The molecule has 0 bridgehead atoms. The highest BCUT2D eigenvalue weighted by atomic mass is 16.5. The lowest BCUT2D eigenvalue weighted by atomic mass is 9.88. The molecule has 0 saturated carbocycles. The third-order valence-corrected chi connectivity index (χ3v) is 3.14. The third kappa shape index (κ3) is 3.10. The molecule has 3 heteroatoms. The van der Waals surface area contributed by atoms with Gasteiger partial charge in [-0.15, -0.1) is 0 Å². The largest absolute Gasteiger partial charge is 0.467 e. The smallest absolute Gasteiger partial charge is 0.330 e.